The molecule has 1 heterocycles. The number of ether oxygens (including phenoxy) is 1. The number of aromatic nitrogens is 2. The first-order valence-electron chi connectivity index (χ1n) is 5.69. The lowest BCUT2D eigenvalue weighted by Crippen LogP contribution is -2.01. The van der Waals surface area contributed by atoms with Crippen molar-refractivity contribution in [2.45, 2.75) is 13.8 Å². The Morgan fingerprint density at radius 3 is 2.94 bits per heavy atom. The first-order chi connectivity index (χ1) is 8.69. The van der Waals surface area contributed by atoms with E-state index in [9.17, 15) is 4.39 Å². The quantitative estimate of drug-likeness (QED) is 0.901. The summed E-state index contributed by atoms with van der Waals surface area (Å²) >= 11 is 0. The van der Waals surface area contributed by atoms with E-state index in [0.717, 1.165) is 12.1 Å². The fourth-order valence-corrected chi connectivity index (χ4v) is 1.47. The second kappa shape index (κ2) is 5.44. The van der Waals surface area contributed by atoms with Crippen LogP contribution in [0.2, 0.25) is 0 Å². The molecule has 0 atom stereocenters. The molecule has 0 saturated carbocycles. The zero-order valence-electron chi connectivity index (χ0n) is 10.3. The van der Waals surface area contributed by atoms with Crippen LogP contribution in [0.1, 0.15) is 12.5 Å². The van der Waals surface area contributed by atoms with E-state index < -0.39 is 5.82 Å². The molecule has 2 aromatic rings. The number of anilines is 1. The number of benzene rings is 1. The third kappa shape index (κ3) is 2.94. The molecule has 0 aliphatic carbocycles. The summed E-state index contributed by atoms with van der Waals surface area (Å²) in [5.74, 6) is 0.593. The van der Waals surface area contributed by atoms with Gasteiger partial charge in [-0.05, 0) is 31.5 Å². The molecule has 0 saturated heterocycles. The van der Waals surface area contributed by atoms with Crippen LogP contribution in [0.4, 0.5) is 10.2 Å². The summed E-state index contributed by atoms with van der Waals surface area (Å²) in [6.07, 6.45) is 3.03. The third-order valence-electron chi connectivity index (χ3n) is 2.27. The van der Waals surface area contributed by atoms with Gasteiger partial charge < -0.3 is 10.1 Å². The molecular weight excluding hydrogens is 233 g/mol. The number of halogens is 1. The molecule has 1 aromatic heterocycles. The van der Waals surface area contributed by atoms with Gasteiger partial charge in [-0.1, -0.05) is 6.07 Å². The van der Waals surface area contributed by atoms with Crippen LogP contribution in [0.3, 0.4) is 0 Å². The summed E-state index contributed by atoms with van der Waals surface area (Å²) in [4.78, 5) is 8.15. The first-order valence-corrected chi connectivity index (χ1v) is 5.69. The van der Waals surface area contributed by atoms with Crippen molar-refractivity contribution in [2.24, 2.45) is 0 Å². The predicted molar refractivity (Wildman–Crippen MR) is 67.4 cm³/mol. The molecule has 94 valence electrons. The van der Waals surface area contributed by atoms with Gasteiger partial charge in [-0.2, -0.15) is 4.98 Å². The molecule has 0 radical (unpaired) electrons. The van der Waals surface area contributed by atoms with E-state index in [-0.39, 0.29) is 11.6 Å². The molecule has 4 nitrogen and oxygen atoms in total. The first kappa shape index (κ1) is 12.3. The highest BCUT2D eigenvalue weighted by Gasteiger charge is 2.06. The fourth-order valence-electron chi connectivity index (χ4n) is 1.47. The minimum Gasteiger partial charge on any atom is -0.434 e. The molecule has 1 aromatic carbocycles. The van der Waals surface area contributed by atoms with Crippen molar-refractivity contribution in [1.82, 2.24) is 9.97 Å². The van der Waals surface area contributed by atoms with E-state index in [0.29, 0.717) is 5.82 Å². The minimum atomic E-state index is -0.420. The van der Waals surface area contributed by atoms with Gasteiger partial charge in [0.15, 0.2) is 11.6 Å². The van der Waals surface area contributed by atoms with Gasteiger partial charge in [0, 0.05) is 6.54 Å². The molecule has 0 bridgehead atoms. The normalized spacial score (nSPS) is 10.2. The largest absolute Gasteiger partial charge is 0.434 e. The van der Waals surface area contributed by atoms with E-state index in [1.165, 1.54) is 12.3 Å². The van der Waals surface area contributed by atoms with Crippen molar-refractivity contribution in [3.63, 3.8) is 0 Å². The third-order valence-corrected chi connectivity index (χ3v) is 2.27. The van der Waals surface area contributed by atoms with E-state index >= 15 is 0 Å². The average molecular weight is 247 g/mol. The van der Waals surface area contributed by atoms with Crippen LogP contribution < -0.4 is 10.1 Å². The topological polar surface area (TPSA) is 47.0 Å². The van der Waals surface area contributed by atoms with Gasteiger partial charge in [0.25, 0.3) is 0 Å². The lowest BCUT2D eigenvalue weighted by molar-refractivity contribution is 0.425. The van der Waals surface area contributed by atoms with Crippen molar-refractivity contribution >= 4 is 5.82 Å². The lowest BCUT2D eigenvalue weighted by atomic mass is 10.2. The summed E-state index contributed by atoms with van der Waals surface area (Å²) in [7, 11) is 0. The number of hydrogen-bond acceptors (Lipinski definition) is 4. The molecule has 0 amide bonds. The van der Waals surface area contributed by atoms with E-state index in [1.54, 1.807) is 18.3 Å². The van der Waals surface area contributed by atoms with Gasteiger partial charge in [-0.25, -0.2) is 4.39 Å². The molecule has 2 rings (SSSR count). The van der Waals surface area contributed by atoms with Crippen molar-refractivity contribution in [3.05, 3.63) is 42.0 Å². The maximum absolute atomic E-state index is 13.5. The van der Waals surface area contributed by atoms with Crippen LogP contribution >= 0.6 is 0 Å². The van der Waals surface area contributed by atoms with Gasteiger partial charge in [0.2, 0.25) is 5.88 Å². The Morgan fingerprint density at radius 1 is 1.33 bits per heavy atom. The van der Waals surface area contributed by atoms with Gasteiger partial charge in [0.1, 0.15) is 5.82 Å². The molecule has 0 unspecified atom stereocenters. The molecule has 0 fully saturated rings. The van der Waals surface area contributed by atoms with Crippen LogP contribution in [0.5, 0.6) is 11.6 Å². The van der Waals surface area contributed by atoms with Crippen LogP contribution in [0.15, 0.2) is 30.6 Å². The maximum Gasteiger partial charge on any atom is 0.239 e. The summed E-state index contributed by atoms with van der Waals surface area (Å²) in [5, 5.41) is 3.01. The number of hydrogen-bond donors (Lipinski definition) is 1. The second-order valence-corrected chi connectivity index (χ2v) is 3.81. The molecule has 0 aliphatic heterocycles. The number of nitrogens with zero attached hydrogens (tertiary/aromatic N) is 2. The highest BCUT2D eigenvalue weighted by atomic mass is 19.1. The Bertz CT molecular complexity index is 546. The monoisotopic (exact) mass is 247 g/mol. The Hall–Kier alpha value is -2.17. The summed E-state index contributed by atoms with van der Waals surface area (Å²) in [5.41, 5.74) is 0.919. The van der Waals surface area contributed by atoms with Crippen molar-refractivity contribution in [1.29, 1.82) is 0 Å². The smallest absolute Gasteiger partial charge is 0.239 e. The Kier molecular flexibility index (Phi) is 3.72. The van der Waals surface area contributed by atoms with Crippen LogP contribution in [0.25, 0.3) is 0 Å². The van der Waals surface area contributed by atoms with Crippen LogP contribution in [-0.4, -0.2) is 16.5 Å². The van der Waals surface area contributed by atoms with Crippen molar-refractivity contribution in [2.75, 3.05) is 11.9 Å². The Balaban J connectivity index is 2.22. The summed E-state index contributed by atoms with van der Waals surface area (Å²) in [6.45, 7) is 4.55. The standard InChI is InChI=1S/C13H14FN3O/c1-3-16-12-7-15-8-13(17-12)18-11-6-9(2)4-5-10(11)14/h4-8H,3H2,1-2H3,(H,16,17). The van der Waals surface area contributed by atoms with Gasteiger partial charge in [-0.15, -0.1) is 0 Å². The van der Waals surface area contributed by atoms with E-state index in [2.05, 4.69) is 15.3 Å². The number of nitrogens with one attached hydrogen (secondary N) is 1. The summed E-state index contributed by atoms with van der Waals surface area (Å²) in [6, 6.07) is 4.67. The zero-order chi connectivity index (χ0) is 13.0. The van der Waals surface area contributed by atoms with Crippen LogP contribution in [-0.2, 0) is 0 Å². The molecule has 5 heteroatoms. The molecular formula is C13H14FN3O. The highest BCUT2D eigenvalue weighted by Crippen LogP contribution is 2.24. The van der Waals surface area contributed by atoms with Gasteiger partial charge in [0.05, 0.1) is 12.4 Å². The van der Waals surface area contributed by atoms with Crippen molar-refractivity contribution < 1.29 is 9.13 Å². The minimum absolute atomic E-state index is 0.151. The molecule has 0 spiro atoms. The Morgan fingerprint density at radius 2 is 2.17 bits per heavy atom. The van der Waals surface area contributed by atoms with E-state index in [1.807, 2.05) is 13.8 Å². The SMILES string of the molecule is CCNc1cncc(Oc2cc(C)ccc2F)n1. The summed E-state index contributed by atoms with van der Waals surface area (Å²) < 4.78 is 18.9. The zero-order valence-corrected chi connectivity index (χ0v) is 10.3. The number of rotatable bonds is 4. The van der Waals surface area contributed by atoms with Crippen LogP contribution in [0, 0.1) is 12.7 Å². The van der Waals surface area contributed by atoms with Crippen molar-refractivity contribution in [3.8, 4) is 11.6 Å². The van der Waals surface area contributed by atoms with Gasteiger partial charge >= 0.3 is 0 Å². The fraction of sp³-hybridized carbons (Fsp3) is 0.231. The molecule has 1 N–H and O–H groups in total. The molecule has 18 heavy (non-hydrogen) atoms. The van der Waals surface area contributed by atoms with E-state index in [4.69, 9.17) is 4.74 Å². The second-order valence-electron chi connectivity index (χ2n) is 3.81. The Labute approximate surface area is 105 Å². The predicted octanol–water partition coefficient (Wildman–Crippen LogP) is 3.15. The van der Waals surface area contributed by atoms with Gasteiger partial charge in [-0.3, -0.25) is 4.98 Å². The lowest BCUT2D eigenvalue weighted by Gasteiger charge is -2.08. The molecule has 0 aliphatic rings. The average Bonchev–Trinajstić information content (AvgIpc) is 2.35. The highest BCUT2D eigenvalue weighted by molar-refractivity contribution is 5.36. The maximum atomic E-state index is 13.5. The number of aryl methyl sites for hydroxylation is 1.